The number of aromatic nitrogens is 1. The van der Waals surface area contributed by atoms with E-state index in [-0.39, 0.29) is 0 Å². The second-order valence-corrected chi connectivity index (χ2v) is 3.39. The van der Waals surface area contributed by atoms with Crippen LogP contribution in [0.25, 0.3) is 0 Å². The maximum atomic E-state index is 5.47. The first kappa shape index (κ1) is 9.19. The Morgan fingerprint density at radius 2 is 2.43 bits per heavy atom. The molecular formula is C11H14N2O. The number of ether oxygens (including phenoxy) is 1. The van der Waals surface area contributed by atoms with Crippen LogP contribution in [-0.2, 0) is 11.2 Å². The van der Waals surface area contributed by atoms with Gasteiger partial charge >= 0.3 is 0 Å². The summed E-state index contributed by atoms with van der Waals surface area (Å²) in [6.45, 7) is 2.86. The zero-order valence-corrected chi connectivity index (χ0v) is 8.31. The van der Waals surface area contributed by atoms with Crippen LogP contribution in [0.15, 0.2) is 29.4 Å². The SMILES string of the molecule is CC[C@@H]1COC(Cc2ccccn2)=N1. The second kappa shape index (κ2) is 4.22. The van der Waals surface area contributed by atoms with Crippen molar-refractivity contribution in [2.45, 2.75) is 25.8 Å². The molecule has 0 radical (unpaired) electrons. The smallest absolute Gasteiger partial charge is 0.189 e. The first-order valence-electron chi connectivity index (χ1n) is 4.98. The first-order chi connectivity index (χ1) is 6.88. The van der Waals surface area contributed by atoms with Crippen LogP contribution >= 0.6 is 0 Å². The fourth-order valence-electron chi connectivity index (χ4n) is 1.43. The number of nitrogens with zero attached hydrogens (tertiary/aromatic N) is 2. The fraction of sp³-hybridized carbons (Fsp3) is 0.455. The van der Waals surface area contributed by atoms with Crippen molar-refractivity contribution in [2.24, 2.45) is 4.99 Å². The van der Waals surface area contributed by atoms with Gasteiger partial charge in [-0.05, 0) is 18.6 Å². The zero-order chi connectivity index (χ0) is 9.80. The molecule has 1 aliphatic rings. The second-order valence-electron chi connectivity index (χ2n) is 3.39. The molecule has 1 atom stereocenters. The van der Waals surface area contributed by atoms with E-state index >= 15 is 0 Å². The third-order valence-corrected chi connectivity index (χ3v) is 2.30. The molecule has 0 bridgehead atoms. The van der Waals surface area contributed by atoms with Gasteiger partial charge in [0.25, 0.3) is 0 Å². The molecular weight excluding hydrogens is 176 g/mol. The molecule has 1 aromatic heterocycles. The quantitative estimate of drug-likeness (QED) is 0.728. The van der Waals surface area contributed by atoms with Crippen molar-refractivity contribution < 1.29 is 4.74 Å². The molecule has 1 aromatic rings. The molecule has 0 saturated heterocycles. The summed E-state index contributed by atoms with van der Waals surface area (Å²) >= 11 is 0. The van der Waals surface area contributed by atoms with E-state index in [1.165, 1.54) is 0 Å². The molecule has 3 heteroatoms. The van der Waals surface area contributed by atoms with Crippen molar-refractivity contribution in [3.63, 3.8) is 0 Å². The van der Waals surface area contributed by atoms with Gasteiger partial charge in [-0.15, -0.1) is 0 Å². The maximum absolute atomic E-state index is 5.47. The van der Waals surface area contributed by atoms with E-state index in [2.05, 4.69) is 16.9 Å². The molecule has 1 aliphatic heterocycles. The summed E-state index contributed by atoms with van der Waals surface area (Å²) in [7, 11) is 0. The Labute approximate surface area is 83.8 Å². The highest BCUT2D eigenvalue weighted by Crippen LogP contribution is 2.10. The fourth-order valence-corrected chi connectivity index (χ4v) is 1.43. The van der Waals surface area contributed by atoms with E-state index in [0.29, 0.717) is 6.04 Å². The average Bonchev–Trinajstić information content (AvgIpc) is 2.67. The van der Waals surface area contributed by atoms with Gasteiger partial charge in [-0.2, -0.15) is 0 Å². The number of rotatable bonds is 3. The maximum Gasteiger partial charge on any atom is 0.189 e. The molecule has 0 N–H and O–H groups in total. The molecule has 0 saturated carbocycles. The molecule has 74 valence electrons. The van der Waals surface area contributed by atoms with E-state index < -0.39 is 0 Å². The van der Waals surface area contributed by atoms with E-state index in [1.54, 1.807) is 6.20 Å². The van der Waals surface area contributed by atoms with Gasteiger partial charge in [0.15, 0.2) is 5.90 Å². The lowest BCUT2D eigenvalue weighted by Crippen LogP contribution is -2.05. The standard InChI is InChI=1S/C11H14N2O/c1-2-9-8-14-11(13-9)7-10-5-3-4-6-12-10/h3-6,9H,2,7-8H2,1H3/t9-/m1/s1. The minimum atomic E-state index is 0.355. The molecule has 0 aromatic carbocycles. The van der Waals surface area contributed by atoms with Gasteiger partial charge in [0, 0.05) is 11.9 Å². The van der Waals surface area contributed by atoms with Crippen molar-refractivity contribution in [2.75, 3.05) is 6.61 Å². The van der Waals surface area contributed by atoms with E-state index in [0.717, 1.165) is 31.0 Å². The van der Waals surface area contributed by atoms with Crippen molar-refractivity contribution in [3.05, 3.63) is 30.1 Å². The van der Waals surface area contributed by atoms with Gasteiger partial charge in [0.2, 0.25) is 0 Å². The predicted octanol–water partition coefficient (Wildman–Crippen LogP) is 1.83. The number of pyridine rings is 1. The van der Waals surface area contributed by atoms with Crippen LogP contribution in [0.4, 0.5) is 0 Å². The van der Waals surface area contributed by atoms with Crippen LogP contribution in [0.5, 0.6) is 0 Å². The number of aliphatic imine (C=N–C) groups is 1. The molecule has 0 spiro atoms. The summed E-state index contributed by atoms with van der Waals surface area (Å²) in [4.78, 5) is 8.69. The van der Waals surface area contributed by atoms with Crippen LogP contribution in [0.2, 0.25) is 0 Å². The van der Waals surface area contributed by atoms with Crippen LogP contribution in [0, 0.1) is 0 Å². The zero-order valence-electron chi connectivity index (χ0n) is 8.31. The third-order valence-electron chi connectivity index (χ3n) is 2.30. The molecule has 3 nitrogen and oxygen atoms in total. The van der Waals surface area contributed by atoms with Crippen molar-refractivity contribution in [1.82, 2.24) is 4.98 Å². The van der Waals surface area contributed by atoms with Gasteiger partial charge in [-0.1, -0.05) is 13.0 Å². The van der Waals surface area contributed by atoms with Gasteiger partial charge in [-0.3, -0.25) is 4.98 Å². The van der Waals surface area contributed by atoms with Gasteiger partial charge in [-0.25, -0.2) is 4.99 Å². The summed E-state index contributed by atoms with van der Waals surface area (Å²) in [6.07, 6.45) is 3.56. The molecule has 2 rings (SSSR count). The lowest BCUT2D eigenvalue weighted by molar-refractivity contribution is 0.309. The summed E-state index contributed by atoms with van der Waals surface area (Å²) in [5.41, 5.74) is 1.02. The Balaban J connectivity index is 1.99. The highest BCUT2D eigenvalue weighted by molar-refractivity contribution is 5.79. The van der Waals surface area contributed by atoms with E-state index in [1.807, 2.05) is 18.2 Å². The Morgan fingerprint density at radius 1 is 1.50 bits per heavy atom. The Kier molecular flexibility index (Phi) is 2.77. The van der Waals surface area contributed by atoms with Gasteiger partial charge < -0.3 is 4.74 Å². The minimum Gasteiger partial charge on any atom is -0.478 e. The first-order valence-corrected chi connectivity index (χ1v) is 4.98. The molecule has 14 heavy (non-hydrogen) atoms. The van der Waals surface area contributed by atoms with E-state index in [4.69, 9.17) is 4.74 Å². The van der Waals surface area contributed by atoms with Crippen LogP contribution in [0.3, 0.4) is 0 Å². The molecule has 0 amide bonds. The topological polar surface area (TPSA) is 34.5 Å². The van der Waals surface area contributed by atoms with Crippen LogP contribution in [0.1, 0.15) is 19.0 Å². The monoisotopic (exact) mass is 190 g/mol. The molecule has 2 heterocycles. The van der Waals surface area contributed by atoms with Crippen molar-refractivity contribution >= 4 is 5.90 Å². The Hall–Kier alpha value is -1.38. The molecule has 0 aliphatic carbocycles. The molecule has 0 fully saturated rings. The summed E-state index contributed by atoms with van der Waals surface area (Å²) in [6, 6.07) is 6.24. The summed E-state index contributed by atoms with van der Waals surface area (Å²) < 4.78 is 5.47. The number of hydrogen-bond acceptors (Lipinski definition) is 3. The van der Waals surface area contributed by atoms with Crippen molar-refractivity contribution in [3.8, 4) is 0 Å². The Bertz CT molecular complexity index is 321. The average molecular weight is 190 g/mol. The van der Waals surface area contributed by atoms with Gasteiger partial charge in [0.05, 0.1) is 12.5 Å². The van der Waals surface area contributed by atoms with Crippen LogP contribution < -0.4 is 0 Å². The summed E-state index contributed by atoms with van der Waals surface area (Å²) in [5.74, 6) is 0.829. The van der Waals surface area contributed by atoms with Crippen molar-refractivity contribution in [1.29, 1.82) is 0 Å². The lowest BCUT2D eigenvalue weighted by Gasteiger charge is -1.99. The third kappa shape index (κ3) is 2.10. The van der Waals surface area contributed by atoms with Gasteiger partial charge in [0.1, 0.15) is 6.61 Å². The predicted molar refractivity (Wildman–Crippen MR) is 55.4 cm³/mol. The van der Waals surface area contributed by atoms with E-state index in [9.17, 15) is 0 Å². The van der Waals surface area contributed by atoms with Crippen LogP contribution in [-0.4, -0.2) is 23.5 Å². The highest BCUT2D eigenvalue weighted by Gasteiger charge is 2.16. The summed E-state index contributed by atoms with van der Waals surface area (Å²) in [5, 5.41) is 0. The molecule has 0 unspecified atom stereocenters. The minimum absolute atomic E-state index is 0.355. The lowest BCUT2D eigenvalue weighted by atomic mass is 10.2. The number of hydrogen-bond donors (Lipinski definition) is 0. The normalized spacial score (nSPS) is 20.4. The highest BCUT2D eigenvalue weighted by atomic mass is 16.5. The Morgan fingerprint density at radius 3 is 3.07 bits per heavy atom. The largest absolute Gasteiger partial charge is 0.478 e.